The number of aromatic nitrogens is 3. The van der Waals surface area contributed by atoms with Gasteiger partial charge in [0.1, 0.15) is 0 Å². The van der Waals surface area contributed by atoms with Crippen LogP contribution in [0.15, 0.2) is 41.6 Å². The van der Waals surface area contributed by atoms with Gasteiger partial charge in [0.2, 0.25) is 0 Å². The van der Waals surface area contributed by atoms with E-state index in [9.17, 15) is 0 Å². The number of aryl methyl sites for hydroxylation is 2. The third-order valence-electron chi connectivity index (χ3n) is 2.98. The second kappa shape index (κ2) is 8.76. The molecule has 2 rings (SSSR count). The van der Waals surface area contributed by atoms with Gasteiger partial charge in [-0.05, 0) is 57.5 Å². The first kappa shape index (κ1) is 19.3. The highest BCUT2D eigenvalue weighted by atomic mass is 32.1. The third-order valence-corrected chi connectivity index (χ3v) is 3.25. The molecule has 0 radical (unpaired) electrons. The minimum Gasteiger partial charge on any atom is -0.389 e. The van der Waals surface area contributed by atoms with E-state index in [1.54, 1.807) is 20.0 Å². The molecule has 0 saturated carbocycles. The minimum atomic E-state index is -0.681. The number of nitrogens with two attached hydrogens (primary N) is 1. The summed E-state index contributed by atoms with van der Waals surface area (Å²) in [7, 11) is 0. The lowest BCUT2D eigenvalue weighted by molar-refractivity contribution is 0.0898. The predicted octanol–water partition coefficient (Wildman–Crippen LogP) is 3.15. The maximum Gasteiger partial charge on any atom is 0.0713 e. The number of hydrogen-bond donors (Lipinski definition) is 5. The molecular formula is C17H26N4OS. The number of aliphatic hydroxyl groups is 1. The molecule has 0 aliphatic heterocycles. The molecule has 0 fully saturated rings. The highest BCUT2D eigenvalue weighted by molar-refractivity contribution is 7.80. The molecule has 2 aromatic rings. The fraction of sp³-hybridized carbons (Fsp3) is 0.353. The highest BCUT2D eigenvalue weighted by Crippen LogP contribution is 2.20. The van der Waals surface area contributed by atoms with Crippen molar-refractivity contribution in [3.63, 3.8) is 0 Å². The van der Waals surface area contributed by atoms with Crippen LogP contribution in [0.25, 0.3) is 11.3 Å². The van der Waals surface area contributed by atoms with Crippen LogP contribution in [0.2, 0.25) is 0 Å². The van der Waals surface area contributed by atoms with E-state index >= 15 is 0 Å². The van der Waals surface area contributed by atoms with Crippen LogP contribution in [0.5, 0.6) is 0 Å². The number of hydrogen-bond acceptors (Lipinski definition) is 4. The van der Waals surface area contributed by atoms with Gasteiger partial charge < -0.3 is 21.0 Å². The van der Waals surface area contributed by atoms with Crippen LogP contribution in [0.4, 0.5) is 0 Å². The standard InChI is InChI=1S/C13H15N3S.C4H11NO/c1-9-7-10(2)16-15-6-5-12(9)13-4-3-11(17)8-14-13;1-4(2,6)3-5/h3-8,15-17H,1-2H3;6H,3,5H2,1-2H3. The summed E-state index contributed by atoms with van der Waals surface area (Å²) >= 11 is 4.24. The first-order valence-corrected chi connectivity index (χ1v) is 7.83. The minimum absolute atomic E-state index is 0.326. The Morgan fingerprint density at radius 2 is 1.91 bits per heavy atom. The topological polar surface area (TPSA) is 90.7 Å². The highest BCUT2D eigenvalue weighted by Gasteiger charge is 2.06. The molecule has 0 atom stereocenters. The Morgan fingerprint density at radius 1 is 1.26 bits per heavy atom. The van der Waals surface area contributed by atoms with E-state index in [-0.39, 0.29) is 0 Å². The van der Waals surface area contributed by atoms with E-state index in [1.165, 1.54) is 5.56 Å². The van der Waals surface area contributed by atoms with Crippen molar-refractivity contribution >= 4 is 12.6 Å². The maximum absolute atomic E-state index is 8.70. The van der Waals surface area contributed by atoms with Gasteiger partial charge in [0.15, 0.2) is 0 Å². The van der Waals surface area contributed by atoms with Crippen LogP contribution >= 0.6 is 12.6 Å². The van der Waals surface area contributed by atoms with Gasteiger partial charge in [-0.25, -0.2) is 0 Å². The van der Waals surface area contributed by atoms with Gasteiger partial charge in [-0.15, -0.1) is 12.6 Å². The molecule has 0 amide bonds. The average molecular weight is 334 g/mol. The lowest BCUT2D eigenvalue weighted by Crippen LogP contribution is -2.29. The Balaban J connectivity index is 0.000000379. The number of rotatable bonds is 2. The summed E-state index contributed by atoms with van der Waals surface area (Å²) in [5, 5.41) is 14.7. The van der Waals surface area contributed by atoms with E-state index in [1.807, 2.05) is 31.3 Å². The van der Waals surface area contributed by atoms with Crippen molar-refractivity contribution < 1.29 is 5.11 Å². The van der Waals surface area contributed by atoms with Gasteiger partial charge in [0, 0.05) is 35.1 Å². The van der Waals surface area contributed by atoms with Gasteiger partial charge in [0.25, 0.3) is 0 Å². The lowest BCUT2D eigenvalue weighted by atomic mass is 10.1. The fourth-order valence-corrected chi connectivity index (χ4v) is 1.82. The monoisotopic (exact) mass is 334 g/mol. The zero-order valence-corrected chi connectivity index (χ0v) is 15.0. The summed E-state index contributed by atoms with van der Waals surface area (Å²) in [6, 6.07) is 8.01. The van der Waals surface area contributed by atoms with Crippen LogP contribution in [-0.2, 0) is 0 Å². The molecule has 0 bridgehead atoms. The molecule has 5 N–H and O–H groups in total. The largest absolute Gasteiger partial charge is 0.389 e. The molecule has 0 aliphatic carbocycles. The Morgan fingerprint density at radius 3 is 2.43 bits per heavy atom. The fourth-order valence-electron chi connectivity index (χ4n) is 1.68. The van der Waals surface area contributed by atoms with Gasteiger partial charge in [0.05, 0.1) is 11.3 Å². The molecule has 126 valence electrons. The Hall–Kier alpha value is -1.76. The SMILES string of the molecule is CC(C)(O)CN.Cc1cc(C)c(-c2ccc(S)cn2)cc[nH][nH]1. The number of H-pyrrole nitrogens is 2. The van der Waals surface area contributed by atoms with Crippen molar-refractivity contribution in [2.45, 2.75) is 38.2 Å². The molecule has 0 aliphatic rings. The smallest absolute Gasteiger partial charge is 0.0713 e. The molecule has 0 unspecified atom stereocenters. The lowest BCUT2D eigenvalue weighted by Gasteiger charge is -2.11. The number of nitrogens with one attached hydrogen (secondary N) is 2. The first-order valence-electron chi connectivity index (χ1n) is 7.38. The zero-order valence-electron chi connectivity index (χ0n) is 14.1. The summed E-state index contributed by atoms with van der Waals surface area (Å²) in [4.78, 5) is 5.26. The van der Waals surface area contributed by atoms with Gasteiger partial charge in [-0.3, -0.25) is 4.98 Å². The van der Waals surface area contributed by atoms with Crippen LogP contribution in [0, 0.1) is 13.8 Å². The summed E-state index contributed by atoms with van der Waals surface area (Å²) < 4.78 is 0. The summed E-state index contributed by atoms with van der Waals surface area (Å²) in [5.41, 5.74) is 8.67. The second-order valence-electron chi connectivity index (χ2n) is 5.94. The van der Waals surface area contributed by atoms with Crippen LogP contribution in [-0.4, -0.2) is 32.4 Å². The summed E-state index contributed by atoms with van der Waals surface area (Å²) in [6.45, 7) is 7.76. The molecule has 0 saturated heterocycles. The Kier molecular flexibility index (Phi) is 7.35. The maximum atomic E-state index is 8.70. The molecule has 0 spiro atoms. The van der Waals surface area contributed by atoms with Crippen molar-refractivity contribution in [3.05, 3.63) is 47.9 Å². The van der Waals surface area contributed by atoms with Crippen LogP contribution < -0.4 is 5.73 Å². The van der Waals surface area contributed by atoms with Gasteiger partial charge in [-0.1, -0.05) is 0 Å². The van der Waals surface area contributed by atoms with E-state index in [4.69, 9.17) is 10.8 Å². The van der Waals surface area contributed by atoms with Crippen LogP contribution in [0.1, 0.15) is 25.1 Å². The summed E-state index contributed by atoms with van der Waals surface area (Å²) in [6.07, 6.45) is 3.62. The molecule has 2 aromatic heterocycles. The van der Waals surface area contributed by atoms with Gasteiger partial charge in [-0.2, -0.15) is 0 Å². The number of nitrogens with zero attached hydrogens (tertiary/aromatic N) is 1. The second-order valence-corrected chi connectivity index (χ2v) is 6.46. The van der Waals surface area contributed by atoms with Crippen molar-refractivity contribution in [2.24, 2.45) is 5.73 Å². The van der Waals surface area contributed by atoms with E-state index in [2.05, 4.69) is 40.8 Å². The van der Waals surface area contributed by atoms with Crippen molar-refractivity contribution in [1.82, 2.24) is 15.2 Å². The number of pyridine rings is 1. The normalized spacial score (nSPS) is 10.6. The Bertz CT molecular complexity index is 652. The van der Waals surface area contributed by atoms with Gasteiger partial charge >= 0.3 is 0 Å². The quantitative estimate of drug-likeness (QED) is 0.546. The first-order chi connectivity index (χ1) is 10.7. The van der Waals surface area contributed by atoms with Crippen molar-refractivity contribution in [1.29, 1.82) is 0 Å². The zero-order chi connectivity index (χ0) is 17.5. The van der Waals surface area contributed by atoms with E-state index in [0.717, 1.165) is 21.8 Å². The number of aromatic amines is 2. The predicted molar refractivity (Wildman–Crippen MR) is 98.1 cm³/mol. The molecule has 6 heteroatoms. The molecule has 0 aromatic carbocycles. The van der Waals surface area contributed by atoms with Crippen LogP contribution in [0.3, 0.4) is 0 Å². The average Bonchev–Trinajstić information content (AvgIpc) is 2.46. The molecular weight excluding hydrogens is 308 g/mol. The van der Waals surface area contributed by atoms with Crippen molar-refractivity contribution in [2.75, 3.05) is 6.54 Å². The molecule has 2 heterocycles. The number of thiol groups is 1. The van der Waals surface area contributed by atoms with Crippen molar-refractivity contribution in [3.8, 4) is 11.3 Å². The third kappa shape index (κ3) is 7.36. The molecule has 5 nitrogen and oxygen atoms in total. The summed E-state index contributed by atoms with van der Waals surface area (Å²) in [5.74, 6) is 0. The van der Waals surface area contributed by atoms with E-state index < -0.39 is 5.60 Å². The Labute approximate surface area is 143 Å². The van der Waals surface area contributed by atoms with E-state index in [0.29, 0.717) is 6.54 Å². The molecule has 23 heavy (non-hydrogen) atoms.